The minimum absolute atomic E-state index is 0.0277. The van der Waals surface area contributed by atoms with E-state index in [2.05, 4.69) is 21.0 Å². The van der Waals surface area contributed by atoms with Crippen LogP contribution < -0.4 is 10.3 Å². The molecule has 0 fully saturated rings. The van der Waals surface area contributed by atoms with E-state index in [0.29, 0.717) is 5.69 Å². The van der Waals surface area contributed by atoms with Gasteiger partial charge in [-0.05, 0) is 39.0 Å². The molecule has 2 aromatic rings. The molecule has 0 spiro atoms. The molecular formula is C16H17BrN2O4. The number of hydrogen-bond acceptors (Lipinski definition) is 5. The summed E-state index contributed by atoms with van der Waals surface area (Å²) in [5, 5.41) is 4.14. The van der Waals surface area contributed by atoms with Crippen LogP contribution in [0.4, 0.5) is 0 Å². The molecule has 1 aromatic carbocycles. The molecule has 0 amide bonds. The highest BCUT2D eigenvalue weighted by Crippen LogP contribution is 2.19. The van der Waals surface area contributed by atoms with Crippen molar-refractivity contribution in [2.75, 3.05) is 6.61 Å². The first-order valence-electron chi connectivity index (χ1n) is 7.16. The van der Waals surface area contributed by atoms with Crippen molar-refractivity contribution >= 4 is 21.9 Å². The van der Waals surface area contributed by atoms with Crippen molar-refractivity contribution < 1.29 is 14.3 Å². The Morgan fingerprint density at radius 2 is 2.09 bits per heavy atom. The Labute approximate surface area is 142 Å². The van der Waals surface area contributed by atoms with E-state index in [1.54, 1.807) is 39.0 Å². The van der Waals surface area contributed by atoms with Gasteiger partial charge in [-0.2, -0.15) is 9.78 Å². The molecule has 0 radical (unpaired) electrons. The van der Waals surface area contributed by atoms with Gasteiger partial charge in [-0.15, -0.1) is 0 Å². The highest BCUT2D eigenvalue weighted by molar-refractivity contribution is 9.10. The van der Waals surface area contributed by atoms with Gasteiger partial charge in [0.2, 0.25) is 5.69 Å². The van der Waals surface area contributed by atoms with Gasteiger partial charge in [-0.25, -0.2) is 4.79 Å². The monoisotopic (exact) mass is 380 g/mol. The molecule has 1 heterocycles. The van der Waals surface area contributed by atoms with Crippen LogP contribution in [-0.2, 0) is 4.74 Å². The quantitative estimate of drug-likeness (QED) is 0.745. The van der Waals surface area contributed by atoms with Crippen molar-refractivity contribution in [3.05, 3.63) is 50.9 Å². The highest BCUT2D eigenvalue weighted by Gasteiger charge is 2.20. The number of benzene rings is 1. The van der Waals surface area contributed by atoms with Gasteiger partial charge in [0.05, 0.1) is 24.5 Å². The van der Waals surface area contributed by atoms with E-state index < -0.39 is 11.5 Å². The van der Waals surface area contributed by atoms with Crippen LogP contribution in [-0.4, -0.2) is 28.5 Å². The van der Waals surface area contributed by atoms with Gasteiger partial charge >= 0.3 is 5.97 Å². The van der Waals surface area contributed by atoms with E-state index in [-0.39, 0.29) is 24.2 Å². The summed E-state index contributed by atoms with van der Waals surface area (Å²) in [5.74, 6) is -0.512. The highest BCUT2D eigenvalue weighted by atomic mass is 79.9. The number of aromatic nitrogens is 2. The molecule has 0 saturated heterocycles. The second-order valence-electron chi connectivity index (χ2n) is 4.97. The van der Waals surface area contributed by atoms with E-state index >= 15 is 0 Å². The summed E-state index contributed by atoms with van der Waals surface area (Å²) in [5.41, 5.74) is 0.109. The third-order valence-corrected chi connectivity index (χ3v) is 3.27. The number of ether oxygens (including phenoxy) is 2. The van der Waals surface area contributed by atoms with Crippen LogP contribution in [0.3, 0.4) is 0 Å². The molecule has 6 nitrogen and oxygen atoms in total. The smallest absolute Gasteiger partial charge is 0.362 e. The number of rotatable bonds is 5. The van der Waals surface area contributed by atoms with Crippen molar-refractivity contribution in [3.8, 4) is 11.4 Å². The lowest BCUT2D eigenvalue weighted by atomic mass is 10.3. The van der Waals surface area contributed by atoms with Crippen molar-refractivity contribution in [2.24, 2.45) is 0 Å². The maximum atomic E-state index is 12.3. The molecule has 0 aliphatic rings. The minimum atomic E-state index is -0.633. The van der Waals surface area contributed by atoms with Crippen LogP contribution >= 0.6 is 15.9 Å². The van der Waals surface area contributed by atoms with Crippen LogP contribution in [0.1, 0.15) is 31.3 Å². The number of carbonyl (C=O) groups is 1. The summed E-state index contributed by atoms with van der Waals surface area (Å²) >= 11 is 3.34. The summed E-state index contributed by atoms with van der Waals surface area (Å²) in [4.78, 5) is 24.4. The van der Waals surface area contributed by atoms with Gasteiger partial charge in [0.1, 0.15) is 0 Å². The van der Waals surface area contributed by atoms with Crippen LogP contribution in [0.5, 0.6) is 5.75 Å². The van der Waals surface area contributed by atoms with Crippen LogP contribution in [0, 0.1) is 0 Å². The van der Waals surface area contributed by atoms with E-state index in [1.165, 1.54) is 6.07 Å². The Balaban J connectivity index is 2.59. The summed E-state index contributed by atoms with van der Waals surface area (Å²) in [6.07, 6.45) is -0.203. The second kappa shape index (κ2) is 7.41. The first-order chi connectivity index (χ1) is 10.9. The largest absolute Gasteiger partial charge is 0.488 e. The zero-order valence-corrected chi connectivity index (χ0v) is 14.7. The lowest BCUT2D eigenvalue weighted by molar-refractivity contribution is 0.0510. The van der Waals surface area contributed by atoms with E-state index in [9.17, 15) is 9.59 Å². The first kappa shape index (κ1) is 17.2. The van der Waals surface area contributed by atoms with Gasteiger partial charge in [0.15, 0.2) is 5.75 Å². The zero-order chi connectivity index (χ0) is 17.0. The van der Waals surface area contributed by atoms with Crippen LogP contribution in [0.15, 0.2) is 39.6 Å². The Bertz CT molecular complexity index is 771. The Morgan fingerprint density at radius 3 is 2.70 bits per heavy atom. The molecule has 1 aromatic heterocycles. The molecule has 23 heavy (non-hydrogen) atoms. The van der Waals surface area contributed by atoms with Gasteiger partial charge < -0.3 is 9.47 Å². The van der Waals surface area contributed by atoms with E-state index in [0.717, 1.165) is 9.15 Å². The summed E-state index contributed by atoms with van der Waals surface area (Å²) in [6.45, 7) is 5.51. The second-order valence-corrected chi connectivity index (χ2v) is 5.89. The van der Waals surface area contributed by atoms with Crippen molar-refractivity contribution in [1.29, 1.82) is 0 Å². The standard InChI is InChI=1S/C16H17BrN2O4/c1-4-22-16(21)15-13(23-10(2)3)9-14(20)19(18-15)12-7-5-6-11(17)8-12/h5-10H,4H2,1-3H3. The number of hydrogen-bond donors (Lipinski definition) is 0. The zero-order valence-electron chi connectivity index (χ0n) is 13.1. The summed E-state index contributed by atoms with van der Waals surface area (Å²) < 4.78 is 12.5. The topological polar surface area (TPSA) is 70.4 Å². The van der Waals surface area contributed by atoms with Crippen molar-refractivity contribution in [3.63, 3.8) is 0 Å². The Kier molecular flexibility index (Phi) is 5.54. The average Bonchev–Trinajstić information content (AvgIpc) is 2.47. The molecule has 0 aliphatic carbocycles. The predicted octanol–water partition coefficient (Wildman–Crippen LogP) is 2.96. The fraction of sp³-hybridized carbons (Fsp3) is 0.312. The number of halogens is 1. The molecule has 0 saturated carbocycles. The van der Waals surface area contributed by atoms with Crippen molar-refractivity contribution in [2.45, 2.75) is 26.9 Å². The number of carbonyl (C=O) groups excluding carboxylic acids is 1. The maximum Gasteiger partial charge on any atom is 0.362 e. The molecule has 0 aliphatic heterocycles. The van der Waals surface area contributed by atoms with Gasteiger partial charge in [-0.3, -0.25) is 4.79 Å². The van der Waals surface area contributed by atoms with Crippen molar-refractivity contribution in [1.82, 2.24) is 9.78 Å². The Hall–Kier alpha value is -2.15. The fourth-order valence-corrected chi connectivity index (χ4v) is 2.30. The van der Waals surface area contributed by atoms with Gasteiger partial charge in [0, 0.05) is 4.47 Å². The molecule has 0 unspecified atom stereocenters. The predicted molar refractivity (Wildman–Crippen MR) is 89.3 cm³/mol. The maximum absolute atomic E-state index is 12.3. The SMILES string of the molecule is CCOC(=O)c1nn(-c2cccc(Br)c2)c(=O)cc1OC(C)C. The molecular weight excluding hydrogens is 364 g/mol. The lowest BCUT2D eigenvalue weighted by Crippen LogP contribution is -2.26. The molecule has 122 valence electrons. The first-order valence-corrected chi connectivity index (χ1v) is 7.95. The third-order valence-electron chi connectivity index (χ3n) is 2.78. The fourth-order valence-electron chi connectivity index (χ4n) is 1.92. The molecule has 0 atom stereocenters. The van der Waals surface area contributed by atoms with Crippen LogP contribution in [0.25, 0.3) is 5.69 Å². The molecule has 0 bridgehead atoms. The lowest BCUT2D eigenvalue weighted by Gasteiger charge is -2.14. The van der Waals surface area contributed by atoms with E-state index in [4.69, 9.17) is 9.47 Å². The average molecular weight is 381 g/mol. The summed E-state index contributed by atoms with van der Waals surface area (Å²) in [7, 11) is 0. The molecule has 2 rings (SSSR count). The minimum Gasteiger partial charge on any atom is -0.488 e. The molecule has 0 N–H and O–H groups in total. The Morgan fingerprint density at radius 1 is 1.35 bits per heavy atom. The van der Waals surface area contributed by atoms with Crippen LogP contribution in [0.2, 0.25) is 0 Å². The van der Waals surface area contributed by atoms with E-state index in [1.807, 2.05) is 6.07 Å². The third kappa shape index (κ3) is 4.19. The molecule has 7 heteroatoms. The summed E-state index contributed by atoms with van der Waals surface area (Å²) in [6, 6.07) is 8.30. The number of nitrogens with zero attached hydrogens (tertiary/aromatic N) is 2. The number of esters is 1. The normalized spacial score (nSPS) is 10.7. The van der Waals surface area contributed by atoms with Gasteiger partial charge in [0.25, 0.3) is 5.56 Å². The van der Waals surface area contributed by atoms with Gasteiger partial charge in [-0.1, -0.05) is 22.0 Å².